The van der Waals surface area contributed by atoms with Crippen LogP contribution in [0.5, 0.6) is 0 Å². The summed E-state index contributed by atoms with van der Waals surface area (Å²) in [6.45, 7) is 19.8. The summed E-state index contributed by atoms with van der Waals surface area (Å²) in [5.74, 6) is 1.71. The molecule has 0 bridgehead atoms. The molecule has 1 atom stereocenters. The van der Waals surface area contributed by atoms with Crippen LogP contribution in [0, 0.1) is 25.7 Å². The van der Waals surface area contributed by atoms with Crippen molar-refractivity contribution in [1.82, 2.24) is 19.6 Å². The second-order valence-electron chi connectivity index (χ2n) is 9.03. The van der Waals surface area contributed by atoms with Crippen molar-refractivity contribution in [2.75, 3.05) is 26.2 Å². The highest BCUT2D eigenvalue weighted by Gasteiger charge is 2.32. The van der Waals surface area contributed by atoms with E-state index in [0.29, 0.717) is 12.1 Å². The molecule has 0 amide bonds. The zero-order chi connectivity index (χ0) is 18.1. The summed E-state index contributed by atoms with van der Waals surface area (Å²) in [6.07, 6.45) is 4.21. The standard InChI is InChI=1S/C21H38N4/c1-15(2)21-14-23(10-7-11-24(21)12-19-8-9-19)13-20-17(5)22-25(16(3)4)18(20)6/h15-16,19,21H,7-14H2,1-6H3/t21-/m1/s1. The van der Waals surface area contributed by atoms with Gasteiger partial charge in [-0.15, -0.1) is 0 Å². The van der Waals surface area contributed by atoms with Crippen molar-refractivity contribution >= 4 is 0 Å². The summed E-state index contributed by atoms with van der Waals surface area (Å²) in [6, 6.07) is 1.14. The first-order valence-electron chi connectivity index (χ1n) is 10.4. The van der Waals surface area contributed by atoms with E-state index in [1.54, 1.807) is 0 Å². The predicted molar refractivity (Wildman–Crippen MR) is 105 cm³/mol. The van der Waals surface area contributed by atoms with E-state index in [2.05, 4.69) is 56.0 Å². The normalized spacial score (nSPS) is 23.6. The van der Waals surface area contributed by atoms with Crippen LogP contribution in [-0.2, 0) is 6.54 Å². The predicted octanol–water partition coefficient (Wildman–Crippen LogP) is 4.02. The Morgan fingerprint density at radius 2 is 1.80 bits per heavy atom. The molecule has 3 rings (SSSR count). The van der Waals surface area contributed by atoms with Gasteiger partial charge in [-0.3, -0.25) is 14.5 Å². The molecule has 2 fully saturated rings. The Hall–Kier alpha value is -0.870. The fourth-order valence-electron chi connectivity index (χ4n) is 4.42. The molecule has 4 nitrogen and oxygen atoms in total. The molecule has 0 spiro atoms. The van der Waals surface area contributed by atoms with E-state index in [4.69, 9.17) is 5.10 Å². The fourth-order valence-corrected chi connectivity index (χ4v) is 4.42. The first-order valence-corrected chi connectivity index (χ1v) is 10.4. The third-order valence-electron chi connectivity index (χ3n) is 6.14. The maximum Gasteiger partial charge on any atom is 0.0641 e. The first kappa shape index (κ1) is 18.9. The molecule has 2 heterocycles. The maximum atomic E-state index is 4.79. The average molecular weight is 347 g/mol. The summed E-state index contributed by atoms with van der Waals surface area (Å²) in [5, 5.41) is 4.79. The van der Waals surface area contributed by atoms with Crippen LogP contribution in [0.1, 0.15) is 70.0 Å². The average Bonchev–Trinajstić information content (AvgIpc) is 3.33. The van der Waals surface area contributed by atoms with Gasteiger partial charge in [0.1, 0.15) is 0 Å². The molecule has 1 saturated carbocycles. The molecule has 0 unspecified atom stereocenters. The van der Waals surface area contributed by atoms with Crippen molar-refractivity contribution in [1.29, 1.82) is 0 Å². The molecule has 0 aromatic carbocycles. The SMILES string of the molecule is Cc1nn(C(C)C)c(C)c1CN1CCCN(CC2CC2)[C@@H](C(C)C)C1. The van der Waals surface area contributed by atoms with E-state index in [-0.39, 0.29) is 0 Å². The minimum atomic E-state index is 0.439. The molecular formula is C21H38N4. The Balaban J connectivity index is 1.72. The topological polar surface area (TPSA) is 24.3 Å². The van der Waals surface area contributed by atoms with Gasteiger partial charge in [0.25, 0.3) is 0 Å². The Morgan fingerprint density at radius 1 is 1.08 bits per heavy atom. The van der Waals surface area contributed by atoms with E-state index in [1.165, 1.54) is 62.4 Å². The van der Waals surface area contributed by atoms with Crippen molar-refractivity contribution in [3.05, 3.63) is 17.0 Å². The largest absolute Gasteiger partial charge is 0.299 e. The van der Waals surface area contributed by atoms with Gasteiger partial charge in [0, 0.05) is 43.0 Å². The molecule has 0 N–H and O–H groups in total. The van der Waals surface area contributed by atoms with Crippen LogP contribution < -0.4 is 0 Å². The lowest BCUT2D eigenvalue weighted by Crippen LogP contribution is -2.45. The van der Waals surface area contributed by atoms with Crippen LogP contribution in [-0.4, -0.2) is 51.8 Å². The Bertz CT molecular complexity index is 571. The summed E-state index contributed by atoms with van der Waals surface area (Å²) in [4.78, 5) is 5.50. The van der Waals surface area contributed by atoms with Gasteiger partial charge in [0.05, 0.1) is 5.69 Å². The van der Waals surface area contributed by atoms with Gasteiger partial charge in [0.2, 0.25) is 0 Å². The van der Waals surface area contributed by atoms with E-state index in [9.17, 15) is 0 Å². The van der Waals surface area contributed by atoms with E-state index < -0.39 is 0 Å². The van der Waals surface area contributed by atoms with Gasteiger partial charge in [-0.2, -0.15) is 5.10 Å². The lowest BCUT2D eigenvalue weighted by Gasteiger charge is -2.34. The Labute approximate surface area is 154 Å². The summed E-state index contributed by atoms with van der Waals surface area (Å²) in [7, 11) is 0. The van der Waals surface area contributed by atoms with Crippen LogP contribution in [0.3, 0.4) is 0 Å². The van der Waals surface area contributed by atoms with Gasteiger partial charge in [-0.05, 0) is 71.9 Å². The second kappa shape index (κ2) is 7.79. The minimum Gasteiger partial charge on any atom is -0.299 e. The molecule has 1 aliphatic carbocycles. The van der Waals surface area contributed by atoms with Crippen molar-refractivity contribution < 1.29 is 0 Å². The fraction of sp³-hybridized carbons (Fsp3) is 0.857. The van der Waals surface area contributed by atoms with Gasteiger partial charge in [0.15, 0.2) is 0 Å². The second-order valence-corrected chi connectivity index (χ2v) is 9.03. The highest BCUT2D eigenvalue weighted by molar-refractivity contribution is 5.25. The van der Waals surface area contributed by atoms with Gasteiger partial charge in [-0.25, -0.2) is 0 Å². The molecule has 25 heavy (non-hydrogen) atoms. The van der Waals surface area contributed by atoms with E-state index in [0.717, 1.165) is 18.4 Å². The molecule has 1 aliphatic heterocycles. The molecule has 0 radical (unpaired) electrons. The monoisotopic (exact) mass is 346 g/mol. The van der Waals surface area contributed by atoms with Crippen LogP contribution in [0.4, 0.5) is 0 Å². The molecular weight excluding hydrogens is 308 g/mol. The van der Waals surface area contributed by atoms with Gasteiger partial charge < -0.3 is 0 Å². The van der Waals surface area contributed by atoms with E-state index in [1.807, 2.05) is 0 Å². The number of hydrogen-bond acceptors (Lipinski definition) is 3. The summed E-state index contributed by atoms with van der Waals surface area (Å²) < 4.78 is 2.20. The third kappa shape index (κ3) is 4.46. The van der Waals surface area contributed by atoms with Crippen molar-refractivity contribution in [3.63, 3.8) is 0 Å². The summed E-state index contributed by atoms with van der Waals surface area (Å²) in [5.41, 5.74) is 4.02. The first-order chi connectivity index (χ1) is 11.9. The van der Waals surface area contributed by atoms with Crippen molar-refractivity contribution in [2.24, 2.45) is 11.8 Å². The zero-order valence-corrected chi connectivity index (χ0v) is 17.3. The quantitative estimate of drug-likeness (QED) is 0.777. The molecule has 1 aromatic heterocycles. The number of rotatable bonds is 6. The Kier molecular flexibility index (Phi) is 5.89. The smallest absolute Gasteiger partial charge is 0.0641 e. The highest BCUT2D eigenvalue weighted by Crippen LogP contribution is 2.32. The van der Waals surface area contributed by atoms with Crippen LogP contribution in [0.25, 0.3) is 0 Å². The number of nitrogens with zero attached hydrogens (tertiary/aromatic N) is 4. The van der Waals surface area contributed by atoms with Gasteiger partial charge >= 0.3 is 0 Å². The number of aromatic nitrogens is 2. The minimum absolute atomic E-state index is 0.439. The number of hydrogen-bond donors (Lipinski definition) is 0. The lowest BCUT2D eigenvalue weighted by molar-refractivity contribution is 0.131. The Morgan fingerprint density at radius 3 is 2.36 bits per heavy atom. The molecule has 1 saturated heterocycles. The van der Waals surface area contributed by atoms with Crippen LogP contribution in [0.15, 0.2) is 0 Å². The molecule has 142 valence electrons. The highest BCUT2D eigenvalue weighted by atomic mass is 15.3. The van der Waals surface area contributed by atoms with Crippen LogP contribution in [0.2, 0.25) is 0 Å². The van der Waals surface area contributed by atoms with Crippen molar-refractivity contribution in [2.45, 2.75) is 79.4 Å². The molecule has 1 aromatic rings. The van der Waals surface area contributed by atoms with Crippen LogP contribution >= 0.6 is 0 Å². The van der Waals surface area contributed by atoms with Gasteiger partial charge in [-0.1, -0.05) is 13.8 Å². The number of aryl methyl sites for hydroxylation is 1. The maximum absolute atomic E-state index is 4.79. The lowest BCUT2D eigenvalue weighted by atomic mass is 10.0. The third-order valence-corrected chi connectivity index (χ3v) is 6.14. The van der Waals surface area contributed by atoms with Crippen molar-refractivity contribution in [3.8, 4) is 0 Å². The molecule has 2 aliphatic rings. The summed E-state index contributed by atoms with van der Waals surface area (Å²) >= 11 is 0. The molecule has 4 heteroatoms. The zero-order valence-electron chi connectivity index (χ0n) is 17.3. The van der Waals surface area contributed by atoms with E-state index >= 15 is 0 Å².